The highest BCUT2D eigenvalue weighted by atomic mass is 32.2. The fraction of sp³-hybridized carbons (Fsp3) is 0.875. The highest BCUT2D eigenvalue weighted by molar-refractivity contribution is 7.90. The molecule has 0 bridgehead atoms. The summed E-state index contributed by atoms with van der Waals surface area (Å²) in [5, 5.41) is 7.57. The summed E-state index contributed by atoms with van der Waals surface area (Å²) in [5.41, 5.74) is 0. The predicted octanol–water partition coefficient (Wildman–Crippen LogP) is -1.20. The largest absolute Gasteiger partial charge is 0.468 e. The molecule has 15 heavy (non-hydrogen) atoms. The zero-order valence-electron chi connectivity index (χ0n) is 8.71. The number of carbonyl (C=O) groups is 1. The van der Waals surface area contributed by atoms with Crippen molar-refractivity contribution >= 4 is 16.0 Å². The number of sulfonamides is 1. The van der Waals surface area contributed by atoms with Crippen LogP contribution in [0.5, 0.6) is 0 Å². The molecule has 1 aliphatic rings. The van der Waals surface area contributed by atoms with Crippen molar-refractivity contribution < 1.29 is 23.1 Å². The minimum atomic E-state index is -3.61. The minimum absolute atomic E-state index is 0.00961. The lowest BCUT2D eigenvalue weighted by Gasteiger charge is -2.38. The molecular weight excluding hydrogens is 222 g/mol. The van der Waals surface area contributed by atoms with E-state index in [-0.39, 0.29) is 25.6 Å². The normalized spacial score (nSPS) is 20.7. The van der Waals surface area contributed by atoms with Crippen molar-refractivity contribution in [2.24, 2.45) is 5.92 Å². The molecule has 0 spiro atoms. The Morgan fingerprint density at radius 3 is 2.53 bits per heavy atom. The third kappa shape index (κ3) is 2.30. The molecule has 0 aromatic rings. The Morgan fingerprint density at radius 1 is 1.60 bits per heavy atom. The molecule has 1 aliphatic heterocycles. The number of hydrogen-bond acceptors (Lipinski definition) is 5. The minimum Gasteiger partial charge on any atom is -0.468 e. The Kier molecular flexibility index (Phi) is 3.69. The van der Waals surface area contributed by atoms with E-state index in [1.165, 1.54) is 11.2 Å². The van der Waals surface area contributed by atoms with E-state index in [1.807, 2.05) is 0 Å². The van der Waals surface area contributed by atoms with Gasteiger partial charge in [-0.25, -0.2) is 12.7 Å². The van der Waals surface area contributed by atoms with Crippen molar-refractivity contribution in [2.75, 3.05) is 26.8 Å². The van der Waals surface area contributed by atoms with Crippen LogP contribution >= 0.6 is 0 Å². The summed E-state index contributed by atoms with van der Waals surface area (Å²) < 4.78 is 29.0. The quantitative estimate of drug-likeness (QED) is 0.621. The molecule has 1 rings (SSSR count). The molecule has 1 fully saturated rings. The van der Waals surface area contributed by atoms with Gasteiger partial charge >= 0.3 is 5.97 Å². The van der Waals surface area contributed by atoms with Gasteiger partial charge in [0, 0.05) is 25.6 Å². The van der Waals surface area contributed by atoms with Gasteiger partial charge in [-0.2, -0.15) is 0 Å². The second-order valence-electron chi connectivity index (χ2n) is 3.58. The highest BCUT2D eigenvalue weighted by Crippen LogP contribution is 2.22. The van der Waals surface area contributed by atoms with Gasteiger partial charge in [0.1, 0.15) is 0 Å². The van der Waals surface area contributed by atoms with Crippen molar-refractivity contribution in [3.8, 4) is 0 Å². The summed E-state index contributed by atoms with van der Waals surface area (Å²) in [4.78, 5) is 11.1. The van der Waals surface area contributed by atoms with Crippen LogP contribution in [0.25, 0.3) is 0 Å². The molecule has 1 saturated heterocycles. The predicted molar refractivity (Wildman–Crippen MR) is 52.5 cm³/mol. The topological polar surface area (TPSA) is 83.9 Å². The first-order valence-electron chi connectivity index (χ1n) is 4.61. The summed E-state index contributed by atoms with van der Waals surface area (Å²) >= 11 is 0. The smallest absolute Gasteiger partial charge is 0.325 e. The van der Waals surface area contributed by atoms with E-state index in [1.54, 1.807) is 0 Å². The first-order chi connectivity index (χ1) is 6.93. The fourth-order valence-corrected chi connectivity index (χ4v) is 2.98. The molecule has 0 radical (unpaired) electrons. The van der Waals surface area contributed by atoms with Crippen LogP contribution in [0.1, 0.15) is 6.92 Å². The van der Waals surface area contributed by atoms with E-state index in [9.17, 15) is 13.2 Å². The van der Waals surface area contributed by atoms with Crippen LogP contribution in [0.4, 0.5) is 0 Å². The van der Waals surface area contributed by atoms with Gasteiger partial charge in [0.05, 0.1) is 7.11 Å². The second kappa shape index (κ2) is 4.46. The van der Waals surface area contributed by atoms with E-state index in [2.05, 4.69) is 4.74 Å². The maximum Gasteiger partial charge on any atom is 0.325 e. The maximum absolute atomic E-state index is 11.7. The van der Waals surface area contributed by atoms with Crippen LogP contribution in [-0.4, -0.2) is 55.9 Å². The van der Waals surface area contributed by atoms with Crippen molar-refractivity contribution in [1.82, 2.24) is 4.31 Å². The SMILES string of the molecule is COC(=O)C(C)S(=O)(=O)N1CC(CO)C1. The average Bonchev–Trinajstić information content (AvgIpc) is 2.13. The Balaban J connectivity index is 2.65. The summed E-state index contributed by atoms with van der Waals surface area (Å²) in [5.74, 6) is -0.771. The van der Waals surface area contributed by atoms with Crippen LogP contribution < -0.4 is 0 Å². The van der Waals surface area contributed by atoms with Crippen LogP contribution in [-0.2, 0) is 19.6 Å². The van der Waals surface area contributed by atoms with E-state index in [0.29, 0.717) is 0 Å². The number of aliphatic hydroxyl groups is 1. The Hall–Kier alpha value is -0.660. The fourth-order valence-electron chi connectivity index (χ4n) is 1.36. The number of hydrogen-bond donors (Lipinski definition) is 1. The number of nitrogens with zero attached hydrogens (tertiary/aromatic N) is 1. The second-order valence-corrected chi connectivity index (χ2v) is 5.83. The Bertz CT molecular complexity index is 333. The zero-order chi connectivity index (χ0) is 11.6. The van der Waals surface area contributed by atoms with Gasteiger partial charge in [-0.3, -0.25) is 4.79 Å². The van der Waals surface area contributed by atoms with E-state index in [0.717, 1.165) is 7.11 Å². The number of aliphatic hydroxyl groups excluding tert-OH is 1. The molecule has 6 nitrogen and oxygen atoms in total. The lowest BCUT2D eigenvalue weighted by molar-refractivity contribution is -0.139. The number of rotatable bonds is 4. The van der Waals surface area contributed by atoms with Gasteiger partial charge in [-0.15, -0.1) is 0 Å². The lowest BCUT2D eigenvalue weighted by Crippen LogP contribution is -2.54. The van der Waals surface area contributed by atoms with Gasteiger partial charge in [0.2, 0.25) is 10.0 Å². The number of ether oxygens (including phenoxy) is 1. The Morgan fingerprint density at radius 2 is 2.13 bits per heavy atom. The van der Waals surface area contributed by atoms with Gasteiger partial charge < -0.3 is 9.84 Å². The van der Waals surface area contributed by atoms with Crippen LogP contribution in [0.15, 0.2) is 0 Å². The van der Waals surface area contributed by atoms with Crippen LogP contribution in [0.3, 0.4) is 0 Å². The van der Waals surface area contributed by atoms with E-state index in [4.69, 9.17) is 5.11 Å². The van der Waals surface area contributed by atoms with Crippen molar-refractivity contribution in [1.29, 1.82) is 0 Å². The molecule has 0 amide bonds. The molecule has 0 aromatic carbocycles. The average molecular weight is 237 g/mol. The molecule has 1 unspecified atom stereocenters. The number of carbonyl (C=O) groups excluding carboxylic acids is 1. The van der Waals surface area contributed by atoms with Crippen molar-refractivity contribution in [2.45, 2.75) is 12.2 Å². The van der Waals surface area contributed by atoms with Gasteiger partial charge in [0.25, 0.3) is 0 Å². The van der Waals surface area contributed by atoms with Crippen LogP contribution in [0.2, 0.25) is 0 Å². The van der Waals surface area contributed by atoms with Crippen molar-refractivity contribution in [3.63, 3.8) is 0 Å². The van der Waals surface area contributed by atoms with Gasteiger partial charge in [-0.1, -0.05) is 0 Å². The van der Waals surface area contributed by atoms with E-state index >= 15 is 0 Å². The summed E-state index contributed by atoms with van der Waals surface area (Å²) in [6.45, 7) is 1.83. The highest BCUT2D eigenvalue weighted by Gasteiger charge is 2.41. The summed E-state index contributed by atoms with van der Waals surface area (Å²) in [7, 11) is -2.46. The number of esters is 1. The third-order valence-corrected chi connectivity index (χ3v) is 4.63. The standard InChI is InChI=1S/C8H15NO5S/c1-6(8(11)14-2)15(12,13)9-3-7(4-9)5-10/h6-7,10H,3-5H2,1-2H3. The molecule has 1 atom stereocenters. The van der Waals surface area contributed by atoms with Crippen molar-refractivity contribution in [3.05, 3.63) is 0 Å². The maximum atomic E-state index is 11.7. The molecule has 0 aliphatic carbocycles. The molecule has 1 heterocycles. The molecule has 1 N–H and O–H groups in total. The molecule has 88 valence electrons. The summed E-state index contributed by atoms with van der Waals surface area (Å²) in [6.07, 6.45) is 0. The van der Waals surface area contributed by atoms with Gasteiger partial charge in [-0.05, 0) is 6.92 Å². The monoisotopic (exact) mass is 237 g/mol. The molecule has 0 aromatic heterocycles. The van der Waals surface area contributed by atoms with E-state index < -0.39 is 21.2 Å². The molecular formula is C8H15NO5S. The Labute approximate surface area is 88.9 Å². The number of methoxy groups -OCH3 is 1. The van der Waals surface area contributed by atoms with Gasteiger partial charge in [0.15, 0.2) is 5.25 Å². The first kappa shape index (κ1) is 12.4. The van der Waals surface area contributed by atoms with Crippen LogP contribution in [0, 0.1) is 5.92 Å². The zero-order valence-corrected chi connectivity index (χ0v) is 9.53. The molecule has 0 saturated carbocycles. The third-order valence-electron chi connectivity index (χ3n) is 2.52. The lowest BCUT2D eigenvalue weighted by atomic mass is 10.1. The first-order valence-corrected chi connectivity index (χ1v) is 6.11. The molecule has 7 heteroatoms. The summed E-state index contributed by atoms with van der Waals surface area (Å²) in [6, 6.07) is 0.